The molecule has 0 aliphatic heterocycles. The van der Waals surface area contributed by atoms with Crippen LogP contribution >= 0.6 is 0 Å². The van der Waals surface area contributed by atoms with Crippen LogP contribution in [0, 0.1) is 5.92 Å². The molecule has 2 N–H and O–H groups in total. The van der Waals surface area contributed by atoms with Crippen LogP contribution in [-0.2, 0) is 4.74 Å². The molecule has 4 heteroatoms. The first-order chi connectivity index (χ1) is 8.36. The van der Waals surface area contributed by atoms with Crippen molar-refractivity contribution >= 4 is 5.96 Å². The number of rotatable bonds is 9. The van der Waals surface area contributed by atoms with E-state index < -0.39 is 0 Å². The van der Waals surface area contributed by atoms with E-state index in [1.807, 2.05) is 6.92 Å². The van der Waals surface area contributed by atoms with Crippen molar-refractivity contribution in [3.63, 3.8) is 0 Å². The molecule has 0 atom stereocenters. The molecule has 0 saturated heterocycles. The van der Waals surface area contributed by atoms with Gasteiger partial charge in [0.05, 0.1) is 0 Å². The monoisotopic (exact) mass is 241 g/mol. The van der Waals surface area contributed by atoms with Crippen molar-refractivity contribution in [3.05, 3.63) is 0 Å². The van der Waals surface area contributed by atoms with Crippen LogP contribution in [0.15, 0.2) is 4.99 Å². The van der Waals surface area contributed by atoms with Crippen molar-refractivity contribution in [1.29, 1.82) is 0 Å². The number of hydrogen-bond acceptors (Lipinski definition) is 2. The molecule has 0 amide bonds. The maximum absolute atomic E-state index is 5.29. The van der Waals surface area contributed by atoms with Crippen LogP contribution in [0.2, 0.25) is 0 Å². The minimum absolute atomic E-state index is 0.795. The highest BCUT2D eigenvalue weighted by Crippen LogP contribution is 2.31. The Hall–Kier alpha value is -0.770. The van der Waals surface area contributed by atoms with Gasteiger partial charge in [-0.25, -0.2) is 0 Å². The Bertz CT molecular complexity index is 215. The summed E-state index contributed by atoms with van der Waals surface area (Å²) in [6, 6.07) is 0. The van der Waals surface area contributed by atoms with Crippen LogP contribution in [0.4, 0.5) is 0 Å². The van der Waals surface area contributed by atoms with Gasteiger partial charge in [0.25, 0.3) is 0 Å². The fourth-order valence-corrected chi connectivity index (χ4v) is 1.64. The van der Waals surface area contributed by atoms with Gasteiger partial charge in [-0.2, -0.15) is 0 Å². The van der Waals surface area contributed by atoms with Gasteiger partial charge < -0.3 is 15.4 Å². The van der Waals surface area contributed by atoms with E-state index in [1.165, 1.54) is 19.3 Å². The molecule has 0 aromatic heterocycles. The van der Waals surface area contributed by atoms with Gasteiger partial charge >= 0.3 is 0 Å². The predicted molar refractivity (Wildman–Crippen MR) is 72.4 cm³/mol. The average molecular weight is 241 g/mol. The summed E-state index contributed by atoms with van der Waals surface area (Å²) in [6.07, 6.45) is 5.11. The largest absolute Gasteiger partial charge is 0.382 e. The minimum Gasteiger partial charge on any atom is -0.382 e. The molecule has 1 aliphatic rings. The first kappa shape index (κ1) is 14.3. The fourth-order valence-electron chi connectivity index (χ4n) is 1.64. The molecule has 1 saturated carbocycles. The van der Waals surface area contributed by atoms with Crippen LogP contribution in [0.25, 0.3) is 0 Å². The van der Waals surface area contributed by atoms with E-state index in [1.54, 1.807) is 0 Å². The Morgan fingerprint density at radius 2 is 2.12 bits per heavy atom. The zero-order valence-electron chi connectivity index (χ0n) is 11.3. The lowest BCUT2D eigenvalue weighted by Crippen LogP contribution is -2.38. The Labute approximate surface area is 105 Å². The zero-order chi connectivity index (χ0) is 12.3. The molecule has 0 unspecified atom stereocenters. The van der Waals surface area contributed by atoms with Crippen LogP contribution < -0.4 is 10.6 Å². The highest BCUT2D eigenvalue weighted by atomic mass is 16.5. The van der Waals surface area contributed by atoms with E-state index in [2.05, 4.69) is 22.5 Å². The second-order valence-corrected chi connectivity index (χ2v) is 4.47. The lowest BCUT2D eigenvalue weighted by molar-refractivity contribution is 0.146. The maximum atomic E-state index is 5.29. The Balaban J connectivity index is 2.07. The summed E-state index contributed by atoms with van der Waals surface area (Å²) in [5.41, 5.74) is 0. The molecular weight excluding hydrogens is 214 g/mol. The molecule has 4 nitrogen and oxygen atoms in total. The number of ether oxygens (including phenoxy) is 1. The van der Waals surface area contributed by atoms with Crippen LogP contribution in [-0.4, -0.2) is 38.8 Å². The van der Waals surface area contributed by atoms with Gasteiger partial charge in [0.1, 0.15) is 0 Å². The highest BCUT2D eigenvalue weighted by molar-refractivity contribution is 5.79. The summed E-state index contributed by atoms with van der Waals surface area (Å²) >= 11 is 0. The van der Waals surface area contributed by atoms with E-state index in [0.29, 0.717) is 0 Å². The third kappa shape index (κ3) is 8.02. The smallest absolute Gasteiger partial charge is 0.191 e. The second-order valence-electron chi connectivity index (χ2n) is 4.47. The van der Waals surface area contributed by atoms with Gasteiger partial charge in [-0.3, -0.25) is 4.99 Å². The summed E-state index contributed by atoms with van der Waals surface area (Å²) in [7, 11) is 0. The molecule has 0 aromatic carbocycles. The van der Waals surface area contributed by atoms with Crippen LogP contribution in [0.3, 0.4) is 0 Å². The molecule has 0 heterocycles. The summed E-state index contributed by atoms with van der Waals surface area (Å²) < 4.78 is 5.29. The number of guanidine groups is 1. The molecule has 0 radical (unpaired) electrons. The first-order valence-corrected chi connectivity index (χ1v) is 6.96. The normalized spacial score (nSPS) is 16.0. The molecule has 17 heavy (non-hydrogen) atoms. The van der Waals surface area contributed by atoms with Gasteiger partial charge in [-0.05, 0) is 32.6 Å². The first-order valence-electron chi connectivity index (χ1n) is 6.96. The van der Waals surface area contributed by atoms with E-state index in [4.69, 9.17) is 4.74 Å². The summed E-state index contributed by atoms with van der Waals surface area (Å²) in [5, 5.41) is 6.65. The molecular formula is C13H27N3O. The fraction of sp³-hybridized carbons (Fsp3) is 0.923. The van der Waals surface area contributed by atoms with Crippen molar-refractivity contribution < 1.29 is 4.74 Å². The van der Waals surface area contributed by atoms with Gasteiger partial charge in [0.2, 0.25) is 0 Å². The SMILES string of the molecule is CCNC(=NCCCOCC)NCCC1CC1. The minimum atomic E-state index is 0.795. The number of nitrogens with zero attached hydrogens (tertiary/aromatic N) is 1. The highest BCUT2D eigenvalue weighted by Gasteiger charge is 2.20. The topological polar surface area (TPSA) is 45.7 Å². The Kier molecular flexibility index (Phi) is 7.80. The summed E-state index contributed by atoms with van der Waals surface area (Å²) in [6.45, 7) is 8.51. The van der Waals surface area contributed by atoms with Crippen molar-refractivity contribution in [2.75, 3.05) is 32.8 Å². The van der Waals surface area contributed by atoms with E-state index >= 15 is 0 Å². The quantitative estimate of drug-likeness (QED) is 0.367. The standard InChI is InChI=1S/C13H27N3O/c1-3-14-13(15-9-5-11-17-4-2)16-10-8-12-6-7-12/h12H,3-11H2,1-2H3,(H2,14,15,16). The van der Waals surface area contributed by atoms with Crippen molar-refractivity contribution in [3.8, 4) is 0 Å². The summed E-state index contributed by atoms with van der Waals surface area (Å²) in [5.74, 6) is 1.92. The Morgan fingerprint density at radius 1 is 1.29 bits per heavy atom. The van der Waals surface area contributed by atoms with E-state index in [-0.39, 0.29) is 0 Å². The third-order valence-corrected chi connectivity index (χ3v) is 2.81. The lowest BCUT2D eigenvalue weighted by Gasteiger charge is -2.10. The maximum Gasteiger partial charge on any atom is 0.191 e. The lowest BCUT2D eigenvalue weighted by atomic mass is 10.3. The van der Waals surface area contributed by atoms with Crippen molar-refractivity contribution in [1.82, 2.24) is 10.6 Å². The molecule has 0 spiro atoms. The molecule has 100 valence electrons. The zero-order valence-corrected chi connectivity index (χ0v) is 11.3. The Morgan fingerprint density at radius 3 is 2.76 bits per heavy atom. The second kappa shape index (κ2) is 9.28. The predicted octanol–water partition coefficient (Wildman–Crippen LogP) is 1.77. The van der Waals surface area contributed by atoms with E-state index in [9.17, 15) is 0 Å². The number of aliphatic imine (C=N–C) groups is 1. The molecule has 0 aromatic rings. The number of hydrogen-bond donors (Lipinski definition) is 2. The van der Waals surface area contributed by atoms with Gasteiger partial charge in [-0.15, -0.1) is 0 Å². The van der Waals surface area contributed by atoms with Gasteiger partial charge in [0.15, 0.2) is 5.96 Å². The van der Waals surface area contributed by atoms with Crippen LogP contribution in [0.5, 0.6) is 0 Å². The average Bonchev–Trinajstić information content (AvgIpc) is 3.13. The third-order valence-electron chi connectivity index (χ3n) is 2.81. The van der Waals surface area contributed by atoms with Gasteiger partial charge in [-0.1, -0.05) is 12.8 Å². The molecule has 0 bridgehead atoms. The van der Waals surface area contributed by atoms with Gasteiger partial charge in [0, 0.05) is 32.8 Å². The van der Waals surface area contributed by atoms with Crippen molar-refractivity contribution in [2.45, 2.75) is 39.5 Å². The summed E-state index contributed by atoms with van der Waals surface area (Å²) in [4.78, 5) is 4.52. The van der Waals surface area contributed by atoms with E-state index in [0.717, 1.165) is 51.1 Å². The number of nitrogens with one attached hydrogen (secondary N) is 2. The molecule has 1 rings (SSSR count). The van der Waals surface area contributed by atoms with Crippen LogP contribution in [0.1, 0.15) is 39.5 Å². The molecule has 1 fully saturated rings. The molecule has 1 aliphatic carbocycles. The van der Waals surface area contributed by atoms with Crippen molar-refractivity contribution in [2.24, 2.45) is 10.9 Å².